The zero-order chi connectivity index (χ0) is 19.1. The fourth-order valence-corrected chi connectivity index (χ4v) is 2.40. The molecule has 7 heteroatoms. The number of aromatic nitrogens is 2. The molecule has 0 spiro atoms. The van der Waals surface area contributed by atoms with Crippen molar-refractivity contribution in [2.24, 2.45) is 4.99 Å². The summed E-state index contributed by atoms with van der Waals surface area (Å²) in [6.45, 7) is 0.0764. The lowest BCUT2D eigenvalue weighted by molar-refractivity contribution is 0.149. The molecule has 1 amide bonds. The molecule has 7 nitrogen and oxygen atoms in total. The second-order valence-electron chi connectivity index (χ2n) is 5.52. The zero-order valence-electron chi connectivity index (χ0n) is 15.0. The highest BCUT2D eigenvalue weighted by Crippen LogP contribution is 2.27. The van der Waals surface area contributed by atoms with Gasteiger partial charge in [-0.3, -0.25) is 0 Å². The molecule has 0 fully saturated rings. The molecule has 0 saturated carbocycles. The van der Waals surface area contributed by atoms with Gasteiger partial charge in [-0.2, -0.15) is 10.1 Å². The normalized spacial score (nSPS) is 11.1. The molecule has 0 atom stereocenters. The van der Waals surface area contributed by atoms with Gasteiger partial charge in [0.1, 0.15) is 6.61 Å². The molecule has 2 aromatic carbocycles. The second kappa shape index (κ2) is 8.66. The molecular weight excluding hydrogens is 346 g/mol. The number of rotatable bonds is 5. The van der Waals surface area contributed by atoms with E-state index in [0.29, 0.717) is 16.9 Å². The van der Waals surface area contributed by atoms with Gasteiger partial charge in [-0.1, -0.05) is 24.3 Å². The molecule has 138 valence electrons. The van der Waals surface area contributed by atoms with Gasteiger partial charge < -0.3 is 14.2 Å². The summed E-state index contributed by atoms with van der Waals surface area (Å²) >= 11 is 0. The Morgan fingerprint density at radius 2 is 1.81 bits per heavy atom. The summed E-state index contributed by atoms with van der Waals surface area (Å²) in [4.78, 5) is 15.8. The average molecular weight is 365 g/mol. The first-order valence-corrected chi connectivity index (χ1v) is 8.22. The third kappa shape index (κ3) is 4.72. The number of para-hydroxylation sites is 1. The van der Waals surface area contributed by atoms with Gasteiger partial charge in [0.15, 0.2) is 11.5 Å². The topological polar surface area (TPSA) is 74.9 Å². The lowest BCUT2D eigenvalue weighted by atomic mass is 10.2. The molecule has 1 heterocycles. The first-order chi connectivity index (χ1) is 13.2. The Morgan fingerprint density at radius 1 is 1.04 bits per heavy atom. The van der Waals surface area contributed by atoms with Crippen molar-refractivity contribution >= 4 is 6.09 Å². The molecule has 27 heavy (non-hydrogen) atoms. The van der Waals surface area contributed by atoms with Gasteiger partial charge in [-0.25, -0.2) is 9.48 Å². The van der Waals surface area contributed by atoms with E-state index in [1.54, 1.807) is 49.4 Å². The van der Waals surface area contributed by atoms with E-state index in [1.165, 1.54) is 6.20 Å². The van der Waals surface area contributed by atoms with Crippen molar-refractivity contribution in [1.29, 1.82) is 0 Å². The van der Waals surface area contributed by atoms with Crippen molar-refractivity contribution in [3.8, 4) is 17.2 Å². The highest BCUT2D eigenvalue weighted by molar-refractivity contribution is 5.68. The molecule has 0 aliphatic heterocycles. The lowest BCUT2D eigenvalue weighted by Crippen LogP contribution is -2.12. The Hall–Kier alpha value is -3.61. The molecule has 0 saturated heterocycles. The van der Waals surface area contributed by atoms with E-state index >= 15 is 0 Å². The molecular formula is C20H19N3O4. The maximum atomic E-state index is 11.9. The largest absolute Gasteiger partial charge is 0.493 e. The summed E-state index contributed by atoms with van der Waals surface area (Å²) in [5.41, 5.74) is 1.68. The quantitative estimate of drug-likeness (QED) is 0.694. The van der Waals surface area contributed by atoms with Crippen LogP contribution in [0.25, 0.3) is 5.69 Å². The van der Waals surface area contributed by atoms with E-state index in [0.717, 1.165) is 11.3 Å². The van der Waals surface area contributed by atoms with Gasteiger partial charge in [-0.05, 0) is 35.9 Å². The highest BCUT2D eigenvalue weighted by atomic mass is 16.5. The molecule has 0 unspecified atom stereocenters. The van der Waals surface area contributed by atoms with Gasteiger partial charge in [-0.15, -0.1) is 0 Å². The zero-order valence-corrected chi connectivity index (χ0v) is 15.0. The number of nitrogens with zero attached hydrogens (tertiary/aromatic N) is 3. The van der Waals surface area contributed by atoms with Crippen molar-refractivity contribution in [2.45, 2.75) is 6.61 Å². The molecule has 0 N–H and O–H groups in total. The Morgan fingerprint density at radius 3 is 2.48 bits per heavy atom. The molecule has 0 bridgehead atoms. The number of benzene rings is 2. The number of ether oxygens (including phenoxy) is 3. The van der Waals surface area contributed by atoms with Crippen LogP contribution in [0.1, 0.15) is 5.56 Å². The monoisotopic (exact) mass is 365 g/mol. The van der Waals surface area contributed by atoms with Crippen LogP contribution in [0, 0.1) is 0 Å². The van der Waals surface area contributed by atoms with Gasteiger partial charge >= 0.3 is 6.09 Å². The van der Waals surface area contributed by atoms with E-state index in [1.807, 2.05) is 30.3 Å². The van der Waals surface area contributed by atoms with Gasteiger partial charge in [0.2, 0.25) is 0 Å². The summed E-state index contributed by atoms with van der Waals surface area (Å²) < 4.78 is 17.3. The first-order valence-electron chi connectivity index (χ1n) is 8.22. The summed E-state index contributed by atoms with van der Waals surface area (Å²) in [6.07, 6.45) is 2.55. The van der Waals surface area contributed by atoms with E-state index in [2.05, 4.69) is 10.1 Å². The van der Waals surface area contributed by atoms with Crippen molar-refractivity contribution in [3.05, 3.63) is 77.9 Å². The first kappa shape index (κ1) is 18.2. The Balaban J connectivity index is 1.65. The van der Waals surface area contributed by atoms with Crippen LogP contribution in [0.4, 0.5) is 4.79 Å². The minimum Gasteiger partial charge on any atom is -0.493 e. The van der Waals surface area contributed by atoms with E-state index in [4.69, 9.17) is 14.2 Å². The number of hydrogen-bond acceptors (Lipinski definition) is 5. The molecule has 0 aliphatic rings. The van der Waals surface area contributed by atoms with Crippen molar-refractivity contribution in [2.75, 3.05) is 14.2 Å². The number of hydrogen-bond donors (Lipinski definition) is 0. The molecule has 3 aromatic rings. The maximum Gasteiger partial charge on any atom is 0.434 e. The Kier molecular flexibility index (Phi) is 5.84. The number of methoxy groups -OCH3 is 2. The minimum atomic E-state index is -0.691. The highest BCUT2D eigenvalue weighted by Gasteiger charge is 2.06. The summed E-state index contributed by atoms with van der Waals surface area (Å²) in [5, 5.41) is 4.66. The lowest BCUT2D eigenvalue weighted by Gasteiger charge is -2.09. The fourth-order valence-electron chi connectivity index (χ4n) is 2.40. The van der Waals surface area contributed by atoms with Crippen LogP contribution in [0.2, 0.25) is 0 Å². The predicted octanol–water partition coefficient (Wildman–Crippen LogP) is 3.13. The van der Waals surface area contributed by atoms with Crippen molar-refractivity contribution in [3.63, 3.8) is 0 Å². The van der Waals surface area contributed by atoms with Crippen LogP contribution >= 0.6 is 0 Å². The van der Waals surface area contributed by atoms with Crippen molar-refractivity contribution < 1.29 is 19.0 Å². The summed E-state index contributed by atoms with van der Waals surface area (Å²) in [7, 11) is 3.11. The third-order valence-corrected chi connectivity index (χ3v) is 3.75. The van der Waals surface area contributed by atoms with Crippen LogP contribution in [0.15, 0.2) is 72.0 Å². The van der Waals surface area contributed by atoms with Gasteiger partial charge in [0, 0.05) is 6.20 Å². The van der Waals surface area contributed by atoms with E-state index in [9.17, 15) is 4.79 Å². The van der Waals surface area contributed by atoms with E-state index in [-0.39, 0.29) is 6.61 Å². The molecule has 1 aromatic heterocycles. The third-order valence-electron chi connectivity index (χ3n) is 3.75. The average Bonchev–Trinajstić information content (AvgIpc) is 2.73. The summed E-state index contributed by atoms with van der Waals surface area (Å²) in [6, 6.07) is 16.6. The fraction of sp³-hybridized carbons (Fsp3) is 0.150. The minimum absolute atomic E-state index is 0.0764. The number of carbonyl (C=O) groups excluding carboxylic acids is 1. The standard InChI is InChI=1S/C20H19N3O4/c1-25-18-9-8-15(12-19(18)26-2)14-27-20(24)22-16-10-11-23(21-13-16)17-6-4-3-5-7-17/h3-13H,14H2,1-2H3. The predicted molar refractivity (Wildman–Crippen MR) is 98.9 cm³/mol. The summed E-state index contributed by atoms with van der Waals surface area (Å²) in [5.74, 6) is 1.18. The molecule has 0 radical (unpaired) electrons. The van der Waals surface area contributed by atoms with Crippen LogP contribution in [0.5, 0.6) is 11.5 Å². The van der Waals surface area contributed by atoms with Crippen LogP contribution in [-0.2, 0) is 11.3 Å². The Bertz CT molecular complexity index is 964. The number of amides is 1. The maximum absolute atomic E-state index is 11.9. The Labute approximate surface area is 156 Å². The van der Waals surface area contributed by atoms with Crippen LogP contribution in [0.3, 0.4) is 0 Å². The van der Waals surface area contributed by atoms with Crippen LogP contribution in [-0.4, -0.2) is 30.1 Å². The second-order valence-corrected chi connectivity index (χ2v) is 5.52. The molecule has 0 aliphatic carbocycles. The van der Waals surface area contributed by atoms with E-state index < -0.39 is 6.09 Å². The van der Waals surface area contributed by atoms with Gasteiger partial charge in [0.05, 0.1) is 31.5 Å². The molecule has 3 rings (SSSR count). The number of carbonyl (C=O) groups is 1. The van der Waals surface area contributed by atoms with Crippen LogP contribution < -0.4 is 14.8 Å². The SMILES string of the molecule is COc1ccc(COC(=O)N=c2ccn(-c3ccccc3)nc2)cc1OC. The van der Waals surface area contributed by atoms with Gasteiger partial charge in [0.25, 0.3) is 0 Å². The smallest absolute Gasteiger partial charge is 0.434 e. The van der Waals surface area contributed by atoms with Crippen molar-refractivity contribution in [1.82, 2.24) is 9.78 Å².